The van der Waals surface area contributed by atoms with Crippen molar-refractivity contribution in [3.05, 3.63) is 25.3 Å². The second-order valence-electron chi connectivity index (χ2n) is 2.69. The van der Waals surface area contributed by atoms with Crippen molar-refractivity contribution >= 4 is 0 Å². The molecule has 0 aromatic heterocycles. The van der Waals surface area contributed by atoms with Gasteiger partial charge in [0.1, 0.15) is 12.2 Å². The van der Waals surface area contributed by atoms with Crippen LogP contribution >= 0.6 is 0 Å². The fraction of sp³-hybridized carbons (Fsp3) is 0.600. The Morgan fingerprint density at radius 2 is 1.29 bits per heavy atom. The van der Waals surface area contributed by atoms with Gasteiger partial charge in [-0.25, -0.2) is 0 Å². The number of rotatable bonds is 9. The van der Waals surface area contributed by atoms with Crippen LogP contribution in [0.4, 0.5) is 0 Å². The average Bonchev–Trinajstić information content (AvgIpc) is 2.23. The molecule has 0 saturated carbocycles. The van der Waals surface area contributed by atoms with Crippen molar-refractivity contribution in [2.75, 3.05) is 26.4 Å². The molecule has 0 aliphatic heterocycles. The van der Waals surface area contributed by atoms with Crippen molar-refractivity contribution < 1.29 is 19.7 Å². The Balaban J connectivity index is 3.98. The van der Waals surface area contributed by atoms with E-state index in [0.717, 1.165) is 0 Å². The second-order valence-corrected chi connectivity index (χ2v) is 2.69. The topological polar surface area (TPSA) is 58.9 Å². The number of ether oxygens (including phenoxy) is 2. The second kappa shape index (κ2) is 8.90. The van der Waals surface area contributed by atoms with Crippen LogP contribution in [0, 0.1) is 0 Å². The summed E-state index contributed by atoms with van der Waals surface area (Å²) in [5.74, 6) is 0. The first kappa shape index (κ1) is 13.3. The van der Waals surface area contributed by atoms with Crippen LogP contribution in [0.15, 0.2) is 25.3 Å². The molecule has 0 rings (SSSR count). The van der Waals surface area contributed by atoms with E-state index < -0.39 is 12.2 Å². The van der Waals surface area contributed by atoms with E-state index in [-0.39, 0.29) is 13.2 Å². The summed E-state index contributed by atoms with van der Waals surface area (Å²) in [6, 6.07) is 0. The Bertz CT molecular complexity index is 140. The first-order valence-corrected chi connectivity index (χ1v) is 4.46. The Morgan fingerprint density at radius 3 is 1.50 bits per heavy atom. The molecule has 0 aliphatic carbocycles. The SMILES string of the molecule is C=CCO[C@@H](CO)[C@H](CO)OCC=C. The maximum Gasteiger partial charge on any atom is 0.109 e. The van der Waals surface area contributed by atoms with Gasteiger partial charge in [0.05, 0.1) is 26.4 Å². The lowest BCUT2D eigenvalue weighted by molar-refractivity contribution is -0.0967. The smallest absolute Gasteiger partial charge is 0.109 e. The van der Waals surface area contributed by atoms with Crippen molar-refractivity contribution in [1.82, 2.24) is 0 Å². The Morgan fingerprint density at radius 1 is 0.929 bits per heavy atom. The fourth-order valence-corrected chi connectivity index (χ4v) is 0.938. The molecule has 0 unspecified atom stereocenters. The first-order valence-electron chi connectivity index (χ1n) is 4.46. The predicted molar refractivity (Wildman–Crippen MR) is 54.0 cm³/mol. The minimum atomic E-state index is -0.530. The van der Waals surface area contributed by atoms with Gasteiger partial charge in [-0.3, -0.25) is 0 Å². The van der Waals surface area contributed by atoms with Crippen LogP contribution in [0.2, 0.25) is 0 Å². The van der Waals surface area contributed by atoms with E-state index in [9.17, 15) is 0 Å². The van der Waals surface area contributed by atoms with E-state index in [1.807, 2.05) is 0 Å². The first-order chi connectivity index (χ1) is 6.79. The van der Waals surface area contributed by atoms with Gasteiger partial charge in [0, 0.05) is 0 Å². The third-order valence-corrected chi connectivity index (χ3v) is 1.63. The summed E-state index contributed by atoms with van der Waals surface area (Å²) in [5, 5.41) is 18.0. The molecular weight excluding hydrogens is 184 g/mol. The van der Waals surface area contributed by atoms with Gasteiger partial charge in [-0.2, -0.15) is 0 Å². The van der Waals surface area contributed by atoms with Gasteiger partial charge < -0.3 is 19.7 Å². The number of aliphatic hydroxyl groups excluding tert-OH is 2. The minimum Gasteiger partial charge on any atom is -0.394 e. The Labute approximate surface area is 84.5 Å². The summed E-state index contributed by atoms with van der Waals surface area (Å²) >= 11 is 0. The lowest BCUT2D eigenvalue weighted by Gasteiger charge is -2.23. The molecule has 2 N–H and O–H groups in total. The zero-order valence-electron chi connectivity index (χ0n) is 8.26. The molecule has 82 valence electrons. The molecule has 0 fully saturated rings. The minimum absolute atomic E-state index is 0.198. The molecule has 2 atom stereocenters. The fourth-order valence-electron chi connectivity index (χ4n) is 0.938. The predicted octanol–water partition coefficient (Wildman–Crippen LogP) is 0.113. The van der Waals surface area contributed by atoms with Crippen molar-refractivity contribution in [2.45, 2.75) is 12.2 Å². The normalized spacial score (nSPS) is 14.7. The molecule has 0 bridgehead atoms. The molecule has 0 amide bonds. The molecule has 0 saturated heterocycles. The summed E-state index contributed by atoms with van der Waals surface area (Å²) < 4.78 is 10.4. The molecule has 4 nitrogen and oxygen atoms in total. The van der Waals surface area contributed by atoms with Gasteiger partial charge >= 0.3 is 0 Å². The standard InChI is InChI=1S/C10H18O4/c1-3-5-13-9(7-11)10(8-12)14-6-4-2/h3-4,9-12H,1-2,5-8H2/t9-,10-/m0/s1. The highest BCUT2D eigenvalue weighted by Gasteiger charge is 2.20. The average molecular weight is 202 g/mol. The van der Waals surface area contributed by atoms with E-state index in [1.54, 1.807) is 12.2 Å². The molecular formula is C10H18O4. The molecule has 0 spiro atoms. The van der Waals surface area contributed by atoms with Crippen LogP contribution in [0.1, 0.15) is 0 Å². The van der Waals surface area contributed by atoms with Crippen LogP contribution in [0.5, 0.6) is 0 Å². The zero-order chi connectivity index (χ0) is 10.8. The number of hydrogen-bond donors (Lipinski definition) is 2. The highest BCUT2D eigenvalue weighted by atomic mass is 16.6. The molecule has 0 aliphatic rings. The van der Waals surface area contributed by atoms with Crippen molar-refractivity contribution in [2.24, 2.45) is 0 Å². The maximum absolute atomic E-state index is 8.98. The van der Waals surface area contributed by atoms with Gasteiger partial charge in [-0.1, -0.05) is 12.2 Å². The monoisotopic (exact) mass is 202 g/mol. The van der Waals surface area contributed by atoms with Gasteiger partial charge in [0.15, 0.2) is 0 Å². The summed E-state index contributed by atoms with van der Waals surface area (Å²) in [4.78, 5) is 0. The molecule has 4 heteroatoms. The molecule has 0 radical (unpaired) electrons. The lowest BCUT2D eigenvalue weighted by Crippen LogP contribution is -2.37. The molecule has 0 heterocycles. The van der Waals surface area contributed by atoms with Gasteiger partial charge in [0.2, 0.25) is 0 Å². The summed E-state index contributed by atoms with van der Waals surface area (Å²) in [6.45, 7) is 7.22. The molecule has 0 aromatic carbocycles. The summed E-state index contributed by atoms with van der Waals surface area (Å²) in [5.41, 5.74) is 0. The lowest BCUT2D eigenvalue weighted by atomic mass is 10.2. The van der Waals surface area contributed by atoms with Crippen LogP contribution in [0.3, 0.4) is 0 Å². The number of hydrogen-bond acceptors (Lipinski definition) is 4. The third kappa shape index (κ3) is 5.14. The van der Waals surface area contributed by atoms with E-state index in [0.29, 0.717) is 13.2 Å². The summed E-state index contributed by atoms with van der Waals surface area (Å²) in [6.07, 6.45) is 2.09. The van der Waals surface area contributed by atoms with E-state index >= 15 is 0 Å². The maximum atomic E-state index is 8.98. The van der Waals surface area contributed by atoms with Crippen LogP contribution in [0.25, 0.3) is 0 Å². The van der Waals surface area contributed by atoms with Crippen molar-refractivity contribution in [3.8, 4) is 0 Å². The molecule has 14 heavy (non-hydrogen) atoms. The van der Waals surface area contributed by atoms with Gasteiger partial charge in [-0.05, 0) is 0 Å². The highest BCUT2D eigenvalue weighted by Crippen LogP contribution is 2.04. The third-order valence-electron chi connectivity index (χ3n) is 1.63. The Hall–Kier alpha value is -0.680. The van der Waals surface area contributed by atoms with Crippen molar-refractivity contribution in [1.29, 1.82) is 0 Å². The van der Waals surface area contributed by atoms with Crippen LogP contribution in [-0.4, -0.2) is 48.8 Å². The van der Waals surface area contributed by atoms with Crippen LogP contribution < -0.4 is 0 Å². The van der Waals surface area contributed by atoms with E-state index in [2.05, 4.69) is 13.2 Å². The van der Waals surface area contributed by atoms with Gasteiger partial charge in [0.25, 0.3) is 0 Å². The van der Waals surface area contributed by atoms with Gasteiger partial charge in [-0.15, -0.1) is 13.2 Å². The quantitative estimate of drug-likeness (QED) is 0.521. The van der Waals surface area contributed by atoms with Crippen LogP contribution in [-0.2, 0) is 9.47 Å². The largest absolute Gasteiger partial charge is 0.394 e. The summed E-state index contributed by atoms with van der Waals surface area (Å²) in [7, 11) is 0. The molecule has 0 aromatic rings. The highest BCUT2D eigenvalue weighted by molar-refractivity contribution is 4.75. The van der Waals surface area contributed by atoms with Crippen molar-refractivity contribution in [3.63, 3.8) is 0 Å². The number of aliphatic hydroxyl groups is 2. The van der Waals surface area contributed by atoms with E-state index in [4.69, 9.17) is 19.7 Å². The zero-order valence-corrected chi connectivity index (χ0v) is 8.26. The Kier molecular flexibility index (Phi) is 8.47. The van der Waals surface area contributed by atoms with E-state index in [1.165, 1.54) is 0 Å².